The number of rotatable bonds is 4. The fourth-order valence-electron chi connectivity index (χ4n) is 3.87. The molecule has 3 aromatic rings. The Hall–Kier alpha value is -4.02. The van der Waals surface area contributed by atoms with Gasteiger partial charge in [0.25, 0.3) is 5.91 Å². The number of aromatic nitrogens is 3. The molecule has 11 heteroatoms. The van der Waals surface area contributed by atoms with Crippen LogP contribution >= 0.6 is 0 Å². The van der Waals surface area contributed by atoms with Crippen LogP contribution in [0.2, 0.25) is 0 Å². The van der Waals surface area contributed by atoms with Gasteiger partial charge >= 0.3 is 6.18 Å². The molecule has 7 nitrogen and oxygen atoms in total. The van der Waals surface area contributed by atoms with Gasteiger partial charge in [-0.3, -0.25) is 19.3 Å². The van der Waals surface area contributed by atoms with Crippen molar-refractivity contribution in [3.05, 3.63) is 82.7 Å². The molecule has 1 atom stereocenters. The Balaban J connectivity index is 1.69. The second-order valence-electron chi connectivity index (χ2n) is 7.97. The van der Waals surface area contributed by atoms with Crippen LogP contribution in [0.5, 0.6) is 0 Å². The lowest BCUT2D eigenvalue weighted by molar-refractivity contribution is -0.138. The minimum atomic E-state index is -4.51. The van der Waals surface area contributed by atoms with Gasteiger partial charge in [0, 0.05) is 35.8 Å². The van der Waals surface area contributed by atoms with Gasteiger partial charge in [0.2, 0.25) is 0 Å². The summed E-state index contributed by atoms with van der Waals surface area (Å²) in [7, 11) is 0. The van der Waals surface area contributed by atoms with Gasteiger partial charge in [-0.15, -0.1) is 0 Å². The van der Waals surface area contributed by atoms with Crippen molar-refractivity contribution in [1.82, 2.24) is 14.8 Å². The van der Waals surface area contributed by atoms with Crippen molar-refractivity contribution < 1.29 is 27.2 Å². The zero-order valence-electron chi connectivity index (χ0n) is 18.1. The number of carbonyl (C=O) groups is 2. The number of ketones is 1. The molecule has 0 unspecified atom stereocenters. The molecule has 2 aromatic heterocycles. The first kappa shape index (κ1) is 23.1. The molecule has 1 aromatic carbocycles. The van der Waals surface area contributed by atoms with E-state index in [2.05, 4.69) is 10.1 Å². The van der Waals surface area contributed by atoms with Crippen LogP contribution < -0.4 is 10.6 Å². The highest BCUT2D eigenvalue weighted by Crippen LogP contribution is 2.35. The largest absolute Gasteiger partial charge is 0.416 e. The van der Waals surface area contributed by atoms with Crippen LogP contribution in [-0.2, 0) is 6.18 Å². The van der Waals surface area contributed by atoms with E-state index in [0.29, 0.717) is 0 Å². The van der Waals surface area contributed by atoms with Crippen LogP contribution in [-0.4, -0.2) is 33.0 Å². The molecule has 0 aliphatic carbocycles. The first-order valence-electron chi connectivity index (χ1n) is 10.2. The van der Waals surface area contributed by atoms with Crippen LogP contribution in [0.15, 0.2) is 48.9 Å². The number of carbonyl (C=O) groups excluding carboxylic acids is 2. The first-order chi connectivity index (χ1) is 16.0. The number of halogens is 4. The average molecular weight is 473 g/mol. The molecule has 0 saturated heterocycles. The highest BCUT2D eigenvalue weighted by molar-refractivity contribution is 6.17. The van der Waals surface area contributed by atoms with Crippen LogP contribution in [0, 0.1) is 12.7 Å². The van der Waals surface area contributed by atoms with E-state index in [9.17, 15) is 27.2 Å². The highest BCUT2D eigenvalue weighted by atomic mass is 19.4. The number of benzene rings is 1. The zero-order valence-corrected chi connectivity index (χ0v) is 18.1. The second kappa shape index (κ2) is 8.40. The molecule has 2 N–H and O–H groups in total. The zero-order chi connectivity index (χ0) is 24.8. The van der Waals surface area contributed by atoms with E-state index in [4.69, 9.17) is 5.73 Å². The normalized spacial score (nSPS) is 16.5. The summed E-state index contributed by atoms with van der Waals surface area (Å²) in [6, 6.07) is 4.20. The number of hydrogen-bond donors (Lipinski definition) is 1. The highest BCUT2D eigenvalue weighted by Gasteiger charge is 2.36. The molecular weight excluding hydrogens is 454 g/mol. The van der Waals surface area contributed by atoms with E-state index in [1.54, 1.807) is 6.92 Å². The minimum Gasteiger partial charge on any atom is -0.398 e. The van der Waals surface area contributed by atoms with Crippen molar-refractivity contribution in [1.29, 1.82) is 0 Å². The van der Waals surface area contributed by atoms with Gasteiger partial charge in [0.1, 0.15) is 11.5 Å². The monoisotopic (exact) mass is 473 g/mol. The number of amides is 1. The number of nitrogens with zero attached hydrogens (tertiary/aromatic N) is 4. The topological polar surface area (TPSA) is 94.1 Å². The van der Waals surface area contributed by atoms with Crippen LogP contribution in [0.4, 0.5) is 23.2 Å². The standard InChI is InChI=1S/C23H19F4N5O2/c1-12-5-16(3-4-18(12)23(25,26)27)31-11-13(2)32-21(22(31)34)17(10-30-32)20(33)7-19(28)14-6-15(24)9-29-8-14/h3-10,13H,11,28H2,1-2H3/t13-/m0/s1. The molecule has 0 fully saturated rings. The molecule has 34 heavy (non-hydrogen) atoms. The Labute approximate surface area is 191 Å². The fraction of sp³-hybridized carbons (Fsp3) is 0.217. The van der Waals surface area contributed by atoms with E-state index in [0.717, 1.165) is 24.4 Å². The number of pyridine rings is 1. The molecule has 0 saturated carbocycles. The van der Waals surface area contributed by atoms with Gasteiger partial charge in [0.15, 0.2) is 5.78 Å². The maximum absolute atomic E-state index is 13.4. The summed E-state index contributed by atoms with van der Waals surface area (Å²) >= 11 is 0. The van der Waals surface area contributed by atoms with Gasteiger partial charge in [-0.2, -0.15) is 18.3 Å². The van der Waals surface area contributed by atoms with Gasteiger partial charge in [0.05, 0.1) is 29.6 Å². The van der Waals surface area contributed by atoms with Crippen molar-refractivity contribution in [2.45, 2.75) is 26.1 Å². The van der Waals surface area contributed by atoms with Crippen LogP contribution in [0.25, 0.3) is 5.70 Å². The number of aryl methyl sites for hydroxylation is 1. The first-order valence-corrected chi connectivity index (χ1v) is 10.2. The number of fused-ring (bicyclic) bond motifs is 1. The number of hydrogen-bond acceptors (Lipinski definition) is 5. The minimum absolute atomic E-state index is 0.0114. The second-order valence-corrected chi connectivity index (χ2v) is 7.97. The van der Waals surface area contributed by atoms with E-state index >= 15 is 0 Å². The number of allylic oxidation sites excluding steroid dienone is 1. The third-order valence-electron chi connectivity index (χ3n) is 5.52. The maximum atomic E-state index is 13.4. The molecule has 1 amide bonds. The van der Waals surface area contributed by atoms with Gasteiger partial charge in [-0.1, -0.05) is 0 Å². The summed E-state index contributed by atoms with van der Waals surface area (Å²) in [5.74, 6) is -1.85. The van der Waals surface area contributed by atoms with Gasteiger partial charge in [-0.05, 0) is 43.7 Å². The third kappa shape index (κ3) is 4.16. The molecule has 4 rings (SSSR count). The average Bonchev–Trinajstić information content (AvgIpc) is 3.21. The Bertz CT molecular complexity index is 1330. The number of anilines is 1. The molecule has 0 bridgehead atoms. The quantitative estimate of drug-likeness (QED) is 0.349. The summed E-state index contributed by atoms with van der Waals surface area (Å²) in [5, 5.41) is 4.15. The van der Waals surface area contributed by atoms with E-state index in [-0.39, 0.29) is 46.4 Å². The summed E-state index contributed by atoms with van der Waals surface area (Å²) < 4.78 is 54.2. The van der Waals surface area contributed by atoms with Gasteiger partial charge < -0.3 is 10.6 Å². The lowest BCUT2D eigenvalue weighted by Gasteiger charge is -2.32. The molecule has 1 aliphatic heterocycles. The van der Waals surface area contributed by atoms with Crippen molar-refractivity contribution >= 4 is 23.1 Å². The third-order valence-corrected chi connectivity index (χ3v) is 5.52. The molecule has 0 spiro atoms. The Morgan fingerprint density at radius 1 is 1.21 bits per heavy atom. The SMILES string of the molecule is Cc1cc(N2C[C@H](C)n3ncc(C(=O)C=C(N)c4cncc(F)c4)c3C2=O)ccc1C(F)(F)F. The summed E-state index contributed by atoms with van der Waals surface area (Å²) in [6.45, 7) is 3.24. The Morgan fingerprint density at radius 2 is 1.94 bits per heavy atom. The predicted molar refractivity (Wildman–Crippen MR) is 115 cm³/mol. The lowest BCUT2D eigenvalue weighted by Crippen LogP contribution is -2.43. The number of alkyl halides is 3. The maximum Gasteiger partial charge on any atom is 0.416 e. The predicted octanol–water partition coefficient (Wildman–Crippen LogP) is 4.15. The van der Waals surface area contributed by atoms with Crippen molar-refractivity contribution in [3.8, 4) is 0 Å². The number of nitrogens with two attached hydrogens (primary N) is 1. The van der Waals surface area contributed by atoms with Crippen LogP contribution in [0.1, 0.15) is 50.5 Å². The molecule has 0 radical (unpaired) electrons. The van der Waals surface area contributed by atoms with Crippen molar-refractivity contribution in [2.24, 2.45) is 5.73 Å². The summed E-state index contributed by atoms with van der Waals surface area (Å²) in [4.78, 5) is 31.3. The van der Waals surface area contributed by atoms with E-state index in [1.807, 2.05) is 0 Å². The molecule has 1 aliphatic rings. The van der Waals surface area contributed by atoms with E-state index in [1.165, 1.54) is 41.0 Å². The molecule has 3 heterocycles. The Kier molecular flexibility index (Phi) is 5.72. The fourth-order valence-corrected chi connectivity index (χ4v) is 3.87. The smallest absolute Gasteiger partial charge is 0.398 e. The van der Waals surface area contributed by atoms with E-state index < -0.39 is 29.2 Å². The van der Waals surface area contributed by atoms with Gasteiger partial charge in [-0.25, -0.2) is 4.39 Å². The molecular formula is C23H19F4N5O2. The lowest BCUT2D eigenvalue weighted by atomic mass is 10.0. The summed E-state index contributed by atoms with van der Waals surface area (Å²) in [6.07, 6.45) is 0.0556. The summed E-state index contributed by atoms with van der Waals surface area (Å²) in [5.41, 5.74) is 5.46. The molecule has 176 valence electrons. The Morgan fingerprint density at radius 3 is 2.59 bits per heavy atom. The van der Waals surface area contributed by atoms with Crippen molar-refractivity contribution in [3.63, 3.8) is 0 Å². The van der Waals surface area contributed by atoms with Crippen LogP contribution in [0.3, 0.4) is 0 Å². The van der Waals surface area contributed by atoms with Crippen molar-refractivity contribution in [2.75, 3.05) is 11.4 Å².